The van der Waals surface area contributed by atoms with Gasteiger partial charge in [0.25, 0.3) is 0 Å². The summed E-state index contributed by atoms with van der Waals surface area (Å²) in [6, 6.07) is 59.6. The summed E-state index contributed by atoms with van der Waals surface area (Å²) in [5, 5.41) is 8.53. The minimum absolute atomic E-state index is 0.738. The van der Waals surface area contributed by atoms with Crippen LogP contribution in [0.4, 0.5) is 0 Å². The van der Waals surface area contributed by atoms with E-state index in [-0.39, 0.29) is 0 Å². The molecule has 0 spiro atoms. The molecule has 244 valence electrons. The quantitative estimate of drug-likeness (QED) is 0.157. The summed E-state index contributed by atoms with van der Waals surface area (Å²) in [5.41, 5.74) is 2.84. The third kappa shape index (κ3) is 5.02. The van der Waals surface area contributed by atoms with Gasteiger partial charge in [0.1, 0.15) is 0 Å². The van der Waals surface area contributed by atoms with Crippen molar-refractivity contribution in [3.63, 3.8) is 0 Å². The van der Waals surface area contributed by atoms with Gasteiger partial charge in [-0.15, -0.1) is 0 Å². The highest BCUT2D eigenvalue weighted by atomic mass is 31.2. The average Bonchev–Trinajstić information content (AvgIpc) is 3.54. The van der Waals surface area contributed by atoms with Crippen LogP contribution in [0, 0.1) is 0 Å². The van der Waals surface area contributed by atoms with E-state index < -0.39 is 14.3 Å². The first-order valence-electron chi connectivity index (χ1n) is 16.9. The van der Waals surface area contributed by atoms with Crippen molar-refractivity contribution >= 4 is 78.7 Å². The Morgan fingerprint density at radius 2 is 0.765 bits per heavy atom. The number of fused-ring (bicyclic) bond motifs is 4. The van der Waals surface area contributed by atoms with Crippen LogP contribution >= 0.6 is 14.3 Å². The van der Waals surface area contributed by atoms with Crippen molar-refractivity contribution < 1.29 is 9.13 Å². The van der Waals surface area contributed by atoms with Crippen molar-refractivity contribution in [2.75, 3.05) is 0 Å². The molecule has 0 unspecified atom stereocenters. The first kappa shape index (κ1) is 31.2. The van der Waals surface area contributed by atoms with Gasteiger partial charge in [-0.1, -0.05) is 146 Å². The van der Waals surface area contributed by atoms with Gasteiger partial charge < -0.3 is 13.7 Å². The molecule has 4 nitrogen and oxygen atoms in total. The molecule has 0 bridgehead atoms. The lowest BCUT2D eigenvalue weighted by Crippen LogP contribution is -2.25. The zero-order valence-electron chi connectivity index (χ0n) is 27.6. The lowest BCUT2D eigenvalue weighted by Gasteiger charge is -2.20. The monoisotopic (exact) mass is 694 g/mol. The molecule has 0 fully saturated rings. The van der Waals surface area contributed by atoms with Crippen LogP contribution < -0.4 is 31.8 Å². The van der Waals surface area contributed by atoms with Gasteiger partial charge in [-0.05, 0) is 36.4 Å². The van der Waals surface area contributed by atoms with Crippen LogP contribution in [0.5, 0.6) is 0 Å². The van der Waals surface area contributed by atoms with E-state index in [2.05, 4.69) is 45.9 Å². The van der Waals surface area contributed by atoms with Crippen LogP contribution in [0.15, 0.2) is 194 Å². The van der Waals surface area contributed by atoms with E-state index in [1.807, 2.05) is 158 Å². The molecule has 0 saturated heterocycles. The molecule has 0 radical (unpaired) electrons. The minimum atomic E-state index is -3.28. The Morgan fingerprint density at radius 1 is 0.373 bits per heavy atom. The number of pyridine rings is 1. The predicted octanol–water partition coefficient (Wildman–Crippen LogP) is 8.61. The minimum Gasteiger partial charge on any atom is -0.309 e. The van der Waals surface area contributed by atoms with Crippen LogP contribution in [0.1, 0.15) is 0 Å². The topological polar surface area (TPSA) is 52.0 Å². The van der Waals surface area contributed by atoms with Crippen LogP contribution in [-0.2, 0) is 9.13 Å². The zero-order valence-corrected chi connectivity index (χ0v) is 29.4. The summed E-state index contributed by atoms with van der Waals surface area (Å²) >= 11 is 0. The smallest absolute Gasteiger partial charge is 0.171 e. The molecule has 2 heterocycles. The first-order chi connectivity index (χ1) is 25.1. The zero-order chi connectivity index (χ0) is 34.4. The third-order valence-corrected chi connectivity index (χ3v) is 15.9. The van der Waals surface area contributed by atoms with E-state index in [1.54, 1.807) is 0 Å². The maximum Gasteiger partial charge on any atom is 0.171 e. The number of hydrogen-bond donors (Lipinski definition) is 0. The van der Waals surface area contributed by atoms with E-state index >= 15 is 9.13 Å². The molecule has 0 aliphatic heterocycles. The molecule has 9 rings (SSSR count). The van der Waals surface area contributed by atoms with Crippen molar-refractivity contribution in [2.24, 2.45) is 0 Å². The highest BCUT2D eigenvalue weighted by Gasteiger charge is 2.32. The second-order valence-corrected chi connectivity index (χ2v) is 18.2. The summed E-state index contributed by atoms with van der Waals surface area (Å²) in [4.78, 5) is 4.64. The van der Waals surface area contributed by atoms with Crippen LogP contribution in [0.3, 0.4) is 0 Å². The van der Waals surface area contributed by atoms with Gasteiger partial charge in [0, 0.05) is 59.6 Å². The Labute approximate surface area is 296 Å². The number of hydrogen-bond acceptors (Lipinski definition) is 3. The normalized spacial score (nSPS) is 12.1. The van der Waals surface area contributed by atoms with Gasteiger partial charge in [-0.25, -0.2) is 0 Å². The van der Waals surface area contributed by atoms with Crippen molar-refractivity contribution in [1.29, 1.82) is 0 Å². The molecule has 0 aliphatic carbocycles. The Balaban J connectivity index is 1.38. The van der Waals surface area contributed by atoms with E-state index in [1.165, 1.54) is 0 Å². The SMILES string of the molecule is O=P(c1ccccc1)(c1ccccc1)c1ccc2c(c1)c1cc(P(=O)(c3ccccc3)c3ccccc3)ccc1n2-c1cncc2ccccc12. The highest BCUT2D eigenvalue weighted by Crippen LogP contribution is 2.46. The lowest BCUT2D eigenvalue weighted by atomic mass is 10.1. The Morgan fingerprint density at radius 3 is 1.20 bits per heavy atom. The first-order valence-corrected chi connectivity index (χ1v) is 20.3. The average molecular weight is 695 g/mol. The van der Waals surface area contributed by atoms with E-state index in [0.717, 1.165) is 70.1 Å². The van der Waals surface area contributed by atoms with Gasteiger partial charge in [0.2, 0.25) is 0 Å². The molecule has 51 heavy (non-hydrogen) atoms. The van der Waals surface area contributed by atoms with Crippen molar-refractivity contribution in [1.82, 2.24) is 9.55 Å². The molecular weight excluding hydrogens is 662 g/mol. The predicted molar refractivity (Wildman–Crippen MR) is 215 cm³/mol. The second kappa shape index (κ2) is 12.5. The number of aromatic nitrogens is 2. The molecule has 0 N–H and O–H groups in total. The van der Waals surface area contributed by atoms with Gasteiger partial charge in [0.15, 0.2) is 14.3 Å². The molecule has 0 atom stereocenters. The summed E-state index contributed by atoms with van der Waals surface area (Å²) in [6.45, 7) is 0. The van der Waals surface area contributed by atoms with Crippen molar-refractivity contribution in [3.8, 4) is 5.69 Å². The van der Waals surface area contributed by atoms with Gasteiger partial charge >= 0.3 is 0 Å². The maximum absolute atomic E-state index is 15.6. The number of rotatable bonds is 7. The Bertz CT molecular complexity index is 2550. The van der Waals surface area contributed by atoms with Crippen LogP contribution in [-0.4, -0.2) is 9.55 Å². The fourth-order valence-corrected chi connectivity index (χ4v) is 12.7. The lowest BCUT2D eigenvalue weighted by molar-refractivity contribution is 0.591. The molecule has 7 aromatic carbocycles. The Hall–Kier alpha value is -5.79. The summed E-state index contributed by atoms with van der Waals surface area (Å²) in [7, 11) is -6.55. The van der Waals surface area contributed by atoms with E-state index in [0.29, 0.717) is 0 Å². The largest absolute Gasteiger partial charge is 0.309 e. The van der Waals surface area contributed by atoms with Crippen molar-refractivity contribution in [3.05, 3.63) is 194 Å². The molecule has 9 aromatic rings. The molecule has 0 aliphatic rings. The molecule has 0 amide bonds. The summed E-state index contributed by atoms with van der Waals surface area (Å²) < 4.78 is 33.4. The van der Waals surface area contributed by atoms with E-state index in [4.69, 9.17) is 0 Å². The molecule has 0 saturated carbocycles. The van der Waals surface area contributed by atoms with Gasteiger partial charge in [0.05, 0.1) is 22.9 Å². The standard InChI is InChI=1S/C45H32N2O2P2/c48-50(34-16-5-1-6-17-34,35-18-7-2-8-19-35)38-25-27-43-41(29-38)42-30-39(51(49,36-20-9-3-10-21-36)37-22-11-4-12-23-37)26-28-44(42)47(43)45-32-46-31-33-15-13-14-24-40(33)45/h1-32H. The van der Waals surface area contributed by atoms with Gasteiger partial charge in [-0.3, -0.25) is 4.98 Å². The van der Waals surface area contributed by atoms with Gasteiger partial charge in [-0.2, -0.15) is 0 Å². The van der Waals surface area contributed by atoms with Crippen LogP contribution in [0.2, 0.25) is 0 Å². The highest BCUT2D eigenvalue weighted by molar-refractivity contribution is 7.85. The molecule has 2 aromatic heterocycles. The number of nitrogens with zero attached hydrogens (tertiary/aromatic N) is 2. The summed E-state index contributed by atoms with van der Waals surface area (Å²) in [5.74, 6) is 0. The molecule has 6 heteroatoms. The summed E-state index contributed by atoms with van der Waals surface area (Å²) in [6.07, 6.45) is 3.79. The second-order valence-electron chi connectivity index (χ2n) is 12.7. The van der Waals surface area contributed by atoms with E-state index in [9.17, 15) is 0 Å². The third-order valence-electron chi connectivity index (χ3n) is 9.83. The Kier molecular flexibility index (Phi) is 7.66. The maximum atomic E-state index is 15.6. The fourth-order valence-electron chi connectivity index (χ4n) is 7.38. The fraction of sp³-hybridized carbons (Fsp3) is 0. The molecular formula is C45H32N2O2P2. The number of benzene rings is 7. The van der Waals surface area contributed by atoms with Crippen molar-refractivity contribution in [2.45, 2.75) is 0 Å². The van der Waals surface area contributed by atoms with Crippen LogP contribution in [0.25, 0.3) is 38.3 Å².